The lowest BCUT2D eigenvalue weighted by Crippen LogP contribution is -2.30. The van der Waals surface area contributed by atoms with Crippen molar-refractivity contribution in [3.8, 4) is 0 Å². The second kappa shape index (κ2) is 44.5. The number of esters is 3. The first-order valence-electron chi connectivity index (χ1n) is 26.1. The lowest BCUT2D eigenvalue weighted by molar-refractivity contribution is -0.167. The molecule has 6 nitrogen and oxygen atoms in total. The van der Waals surface area contributed by atoms with Crippen LogP contribution < -0.4 is 0 Å². The second-order valence-electron chi connectivity index (χ2n) is 19.6. The summed E-state index contributed by atoms with van der Waals surface area (Å²) in [6.07, 6.45) is 43.9. The number of rotatable bonds is 46. The van der Waals surface area contributed by atoms with Crippen molar-refractivity contribution in [2.45, 2.75) is 292 Å². The fourth-order valence-electron chi connectivity index (χ4n) is 7.94. The van der Waals surface area contributed by atoms with Crippen molar-refractivity contribution in [1.82, 2.24) is 0 Å². The monoisotopic (exact) mass is 835 g/mol. The summed E-state index contributed by atoms with van der Waals surface area (Å²) in [6, 6.07) is 0. The maximum absolute atomic E-state index is 12.8. The zero-order chi connectivity index (χ0) is 43.4. The molecule has 0 amide bonds. The number of carbonyl (C=O) groups is 3. The van der Waals surface area contributed by atoms with E-state index in [0.717, 1.165) is 75.5 Å². The van der Waals surface area contributed by atoms with Gasteiger partial charge in [-0.1, -0.05) is 247 Å². The van der Waals surface area contributed by atoms with E-state index in [4.69, 9.17) is 14.2 Å². The third-order valence-corrected chi connectivity index (χ3v) is 11.9. The summed E-state index contributed by atoms with van der Waals surface area (Å²) in [5.41, 5.74) is 0. The third kappa shape index (κ3) is 47.3. The van der Waals surface area contributed by atoms with E-state index >= 15 is 0 Å². The van der Waals surface area contributed by atoms with Crippen LogP contribution in [0.2, 0.25) is 0 Å². The fraction of sp³-hybridized carbons (Fsp3) is 0.943. The molecule has 59 heavy (non-hydrogen) atoms. The Labute approximate surface area is 368 Å². The van der Waals surface area contributed by atoms with Gasteiger partial charge in [-0.25, -0.2) is 0 Å². The number of hydrogen-bond acceptors (Lipinski definition) is 6. The highest BCUT2D eigenvalue weighted by molar-refractivity contribution is 5.71. The third-order valence-electron chi connectivity index (χ3n) is 11.9. The fourth-order valence-corrected chi connectivity index (χ4v) is 7.94. The maximum atomic E-state index is 12.8. The second-order valence-corrected chi connectivity index (χ2v) is 19.6. The summed E-state index contributed by atoms with van der Waals surface area (Å²) in [4.78, 5) is 37.9. The maximum Gasteiger partial charge on any atom is 0.306 e. The van der Waals surface area contributed by atoms with Gasteiger partial charge in [0.25, 0.3) is 0 Å². The summed E-state index contributed by atoms with van der Waals surface area (Å²) < 4.78 is 16.8. The van der Waals surface area contributed by atoms with Crippen molar-refractivity contribution in [3.63, 3.8) is 0 Å². The van der Waals surface area contributed by atoms with Gasteiger partial charge in [0.1, 0.15) is 13.2 Å². The van der Waals surface area contributed by atoms with Gasteiger partial charge >= 0.3 is 17.9 Å². The Morgan fingerprint density at radius 1 is 0.288 bits per heavy atom. The molecule has 0 radical (unpaired) electrons. The van der Waals surface area contributed by atoms with Crippen molar-refractivity contribution < 1.29 is 28.6 Å². The summed E-state index contributed by atoms with van der Waals surface area (Å²) in [6.45, 7) is 13.7. The van der Waals surface area contributed by atoms with Crippen LogP contribution in [0.3, 0.4) is 0 Å². The zero-order valence-corrected chi connectivity index (χ0v) is 40.5. The first-order chi connectivity index (χ1) is 28.6. The molecule has 0 aliphatic heterocycles. The van der Waals surface area contributed by atoms with E-state index in [1.165, 1.54) is 167 Å². The average Bonchev–Trinajstić information content (AvgIpc) is 3.19. The predicted octanol–water partition coefficient (Wildman–Crippen LogP) is 16.8. The highest BCUT2D eigenvalue weighted by atomic mass is 16.6. The normalized spacial score (nSPS) is 12.2. The largest absolute Gasteiger partial charge is 0.462 e. The van der Waals surface area contributed by atoms with Crippen molar-refractivity contribution in [2.75, 3.05) is 13.2 Å². The number of carbonyl (C=O) groups excluding carboxylic acids is 3. The number of ether oxygens (including phenoxy) is 3. The number of hydrogen-bond donors (Lipinski definition) is 0. The molecular formula is C53H102O6. The van der Waals surface area contributed by atoms with Gasteiger partial charge in [-0.2, -0.15) is 0 Å². The van der Waals surface area contributed by atoms with Crippen LogP contribution in [-0.4, -0.2) is 37.2 Å². The summed E-state index contributed by atoms with van der Waals surface area (Å²) in [5, 5.41) is 0. The van der Waals surface area contributed by atoms with Crippen LogP contribution in [0.25, 0.3) is 0 Å². The van der Waals surface area contributed by atoms with Crippen LogP contribution in [0.1, 0.15) is 286 Å². The Morgan fingerprint density at radius 2 is 0.492 bits per heavy atom. The highest BCUT2D eigenvalue weighted by Crippen LogP contribution is 2.18. The van der Waals surface area contributed by atoms with Gasteiger partial charge in [-0.3, -0.25) is 14.4 Å². The summed E-state index contributed by atoms with van der Waals surface area (Å²) in [7, 11) is 0. The van der Waals surface area contributed by atoms with E-state index in [-0.39, 0.29) is 31.1 Å². The molecule has 0 heterocycles. The SMILES string of the molecule is CC(C)CCCCCCCCCCCCCCCCCCC(=O)O[C@H](COC(=O)CCCCCCCCCCCCC(C)C)COC(=O)CCCCCCCCC(C)C. The zero-order valence-electron chi connectivity index (χ0n) is 40.5. The van der Waals surface area contributed by atoms with E-state index < -0.39 is 6.10 Å². The molecule has 0 saturated heterocycles. The van der Waals surface area contributed by atoms with Gasteiger partial charge in [0.05, 0.1) is 0 Å². The minimum Gasteiger partial charge on any atom is -0.462 e. The van der Waals surface area contributed by atoms with Gasteiger partial charge in [-0.05, 0) is 37.0 Å². The Balaban J connectivity index is 4.24. The van der Waals surface area contributed by atoms with Crippen LogP contribution in [0.5, 0.6) is 0 Å². The lowest BCUT2D eigenvalue weighted by atomic mass is 10.0. The molecule has 0 spiro atoms. The molecule has 6 heteroatoms. The lowest BCUT2D eigenvalue weighted by Gasteiger charge is -2.18. The molecule has 0 aliphatic carbocycles. The van der Waals surface area contributed by atoms with E-state index in [1.807, 2.05) is 0 Å². The van der Waals surface area contributed by atoms with E-state index in [1.54, 1.807) is 0 Å². The first kappa shape index (κ1) is 57.4. The van der Waals surface area contributed by atoms with Gasteiger partial charge in [0, 0.05) is 19.3 Å². The van der Waals surface area contributed by atoms with Crippen molar-refractivity contribution in [3.05, 3.63) is 0 Å². The number of unbranched alkanes of at least 4 members (excludes halogenated alkanes) is 29. The molecule has 350 valence electrons. The molecule has 0 rings (SSSR count). The molecule has 0 aromatic heterocycles. The molecule has 0 aromatic carbocycles. The minimum absolute atomic E-state index is 0.0655. The van der Waals surface area contributed by atoms with Crippen LogP contribution >= 0.6 is 0 Å². The quantitative estimate of drug-likeness (QED) is 0.0345. The Bertz CT molecular complexity index is 914. The molecule has 0 bridgehead atoms. The molecule has 0 unspecified atom stereocenters. The van der Waals surface area contributed by atoms with E-state index in [2.05, 4.69) is 41.5 Å². The first-order valence-corrected chi connectivity index (χ1v) is 26.1. The van der Waals surface area contributed by atoms with Crippen molar-refractivity contribution >= 4 is 17.9 Å². The Morgan fingerprint density at radius 3 is 0.729 bits per heavy atom. The molecule has 0 aliphatic rings. The van der Waals surface area contributed by atoms with Gasteiger partial charge in [-0.15, -0.1) is 0 Å². The topological polar surface area (TPSA) is 78.9 Å². The predicted molar refractivity (Wildman–Crippen MR) is 252 cm³/mol. The van der Waals surface area contributed by atoms with Crippen LogP contribution in [0.4, 0.5) is 0 Å². The molecule has 0 fully saturated rings. The van der Waals surface area contributed by atoms with E-state index in [9.17, 15) is 14.4 Å². The molecule has 0 N–H and O–H groups in total. The van der Waals surface area contributed by atoms with E-state index in [0.29, 0.717) is 19.3 Å². The van der Waals surface area contributed by atoms with Crippen LogP contribution in [0, 0.1) is 17.8 Å². The molecular weight excluding hydrogens is 733 g/mol. The van der Waals surface area contributed by atoms with Crippen LogP contribution in [-0.2, 0) is 28.6 Å². The Hall–Kier alpha value is -1.59. The molecule has 1 atom stereocenters. The van der Waals surface area contributed by atoms with Crippen LogP contribution in [0.15, 0.2) is 0 Å². The minimum atomic E-state index is -0.763. The smallest absolute Gasteiger partial charge is 0.306 e. The Kier molecular flexibility index (Phi) is 43.3. The summed E-state index contributed by atoms with van der Waals surface area (Å²) in [5.74, 6) is 1.58. The molecule has 0 saturated carbocycles. The van der Waals surface area contributed by atoms with Gasteiger partial charge in [0.15, 0.2) is 6.10 Å². The highest BCUT2D eigenvalue weighted by Gasteiger charge is 2.19. The van der Waals surface area contributed by atoms with Gasteiger partial charge in [0.2, 0.25) is 0 Å². The standard InChI is InChI=1S/C53H102O6/c1-47(2)39-33-27-21-17-13-11-9-7-8-10-12-14-20-24-32-38-44-53(56)59-50(46-58-52(55)43-37-31-26-25-29-35-41-49(5)6)45-57-51(54)42-36-30-23-19-16-15-18-22-28-34-40-48(3)4/h47-50H,7-46H2,1-6H3/t50-/m1/s1. The summed E-state index contributed by atoms with van der Waals surface area (Å²) >= 11 is 0. The van der Waals surface area contributed by atoms with Gasteiger partial charge < -0.3 is 14.2 Å². The van der Waals surface area contributed by atoms with Crippen molar-refractivity contribution in [2.24, 2.45) is 17.8 Å². The van der Waals surface area contributed by atoms with Crippen molar-refractivity contribution in [1.29, 1.82) is 0 Å². The molecule has 0 aromatic rings. The average molecular weight is 835 g/mol.